The summed E-state index contributed by atoms with van der Waals surface area (Å²) in [6, 6.07) is 6.90. The minimum atomic E-state index is -0.401. The Labute approximate surface area is 126 Å². The number of para-hydroxylation sites is 2. The van der Waals surface area contributed by atoms with Gasteiger partial charge >= 0.3 is 0 Å². The van der Waals surface area contributed by atoms with Crippen LogP contribution in [0.3, 0.4) is 0 Å². The van der Waals surface area contributed by atoms with Crippen molar-refractivity contribution in [2.75, 3.05) is 31.1 Å². The fourth-order valence-electron chi connectivity index (χ4n) is 2.74. The second kappa shape index (κ2) is 6.80. The number of nitrogens with two attached hydrogens (primary N) is 1. The molecular weight excluding hydrogens is 266 g/mol. The van der Waals surface area contributed by atoms with E-state index in [0.717, 1.165) is 25.2 Å². The number of piperazine rings is 1. The lowest BCUT2D eigenvalue weighted by molar-refractivity contribution is -0.133. The molecule has 1 heterocycles. The summed E-state index contributed by atoms with van der Waals surface area (Å²) in [5, 5.41) is 9.88. The second-order valence-corrected chi connectivity index (χ2v) is 6.04. The summed E-state index contributed by atoms with van der Waals surface area (Å²) in [5.74, 6) is 0.751. The van der Waals surface area contributed by atoms with E-state index in [9.17, 15) is 9.90 Å². The van der Waals surface area contributed by atoms with Crippen molar-refractivity contribution in [2.24, 2.45) is 11.7 Å². The molecule has 0 saturated carbocycles. The Kier molecular flexibility index (Phi) is 5.07. The summed E-state index contributed by atoms with van der Waals surface area (Å²) in [5.41, 5.74) is 6.80. The van der Waals surface area contributed by atoms with Crippen LogP contribution in [0.15, 0.2) is 24.3 Å². The van der Waals surface area contributed by atoms with Crippen molar-refractivity contribution in [3.8, 4) is 5.75 Å². The third kappa shape index (κ3) is 3.88. The summed E-state index contributed by atoms with van der Waals surface area (Å²) >= 11 is 0. The average Bonchev–Trinajstić information content (AvgIpc) is 2.46. The number of carbonyl (C=O) groups is 1. The molecule has 1 aliphatic rings. The van der Waals surface area contributed by atoms with Crippen molar-refractivity contribution in [2.45, 2.75) is 26.3 Å². The molecule has 0 radical (unpaired) electrons. The topological polar surface area (TPSA) is 69.8 Å². The van der Waals surface area contributed by atoms with E-state index in [2.05, 4.69) is 18.7 Å². The quantitative estimate of drug-likeness (QED) is 0.880. The molecule has 1 saturated heterocycles. The Balaban J connectivity index is 1.91. The molecule has 1 unspecified atom stereocenters. The first-order chi connectivity index (χ1) is 9.99. The molecule has 5 heteroatoms. The van der Waals surface area contributed by atoms with E-state index in [0.29, 0.717) is 19.0 Å². The predicted octanol–water partition coefficient (Wildman–Crippen LogP) is 1.41. The fraction of sp³-hybridized carbons (Fsp3) is 0.562. The summed E-state index contributed by atoms with van der Waals surface area (Å²) in [4.78, 5) is 16.2. The van der Waals surface area contributed by atoms with E-state index in [1.54, 1.807) is 6.07 Å². The zero-order valence-corrected chi connectivity index (χ0v) is 12.8. The maximum atomic E-state index is 12.3. The van der Waals surface area contributed by atoms with Crippen LogP contribution < -0.4 is 10.6 Å². The number of aromatic hydroxyl groups is 1. The van der Waals surface area contributed by atoms with Gasteiger partial charge in [-0.25, -0.2) is 0 Å². The second-order valence-electron chi connectivity index (χ2n) is 6.04. The normalized spacial score (nSPS) is 17.1. The number of hydrogen-bond donors (Lipinski definition) is 2. The van der Waals surface area contributed by atoms with Crippen molar-refractivity contribution >= 4 is 11.6 Å². The highest BCUT2D eigenvalue weighted by Gasteiger charge is 2.26. The van der Waals surface area contributed by atoms with E-state index < -0.39 is 6.04 Å². The number of nitrogens with zero attached hydrogens (tertiary/aromatic N) is 2. The number of amides is 1. The highest BCUT2D eigenvalue weighted by molar-refractivity contribution is 5.82. The van der Waals surface area contributed by atoms with Crippen LogP contribution in [-0.2, 0) is 4.79 Å². The molecule has 1 amide bonds. The fourth-order valence-corrected chi connectivity index (χ4v) is 2.74. The number of carbonyl (C=O) groups excluding carboxylic acids is 1. The number of benzene rings is 1. The SMILES string of the molecule is CC(C)CC(N)C(=O)N1CCN(c2ccccc2O)CC1. The Morgan fingerprint density at radius 1 is 1.24 bits per heavy atom. The van der Waals surface area contributed by atoms with Crippen LogP contribution in [0.25, 0.3) is 0 Å². The standard InChI is InChI=1S/C16H25N3O2/c1-12(2)11-13(17)16(21)19-9-7-18(8-10-19)14-5-3-4-6-15(14)20/h3-6,12-13,20H,7-11,17H2,1-2H3. The Hall–Kier alpha value is -1.75. The van der Waals surface area contributed by atoms with Crippen molar-refractivity contribution < 1.29 is 9.90 Å². The minimum absolute atomic E-state index is 0.0423. The molecule has 0 aromatic heterocycles. The lowest BCUT2D eigenvalue weighted by atomic mass is 10.0. The lowest BCUT2D eigenvalue weighted by Crippen LogP contribution is -2.53. The van der Waals surface area contributed by atoms with Gasteiger partial charge in [-0.2, -0.15) is 0 Å². The Bertz CT molecular complexity index is 482. The maximum absolute atomic E-state index is 12.3. The van der Waals surface area contributed by atoms with Crippen LogP contribution in [0, 0.1) is 5.92 Å². The van der Waals surface area contributed by atoms with Gasteiger partial charge in [0.2, 0.25) is 5.91 Å². The molecule has 1 aromatic rings. The minimum Gasteiger partial charge on any atom is -0.506 e. The van der Waals surface area contributed by atoms with Gasteiger partial charge in [-0.05, 0) is 24.5 Å². The first kappa shape index (κ1) is 15.6. The zero-order chi connectivity index (χ0) is 15.4. The molecule has 2 rings (SSSR count). The highest BCUT2D eigenvalue weighted by Crippen LogP contribution is 2.27. The van der Waals surface area contributed by atoms with Gasteiger partial charge in [-0.15, -0.1) is 0 Å². The molecule has 0 spiro atoms. The van der Waals surface area contributed by atoms with E-state index in [-0.39, 0.29) is 11.7 Å². The van der Waals surface area contributed by atoms with Crippen molar-refractivity contribution in [3.05, 3.63) is 24.3 Å². The lowest BCUT2D eigenvalue weighted by Gasteiger charge is -2.37. The molecule has 116 valence electrons. The van der Waals surface area contributed by atoms with Crippen molar-refractivity contribution in [3.63, 3.8) is 0 Å². The molecule has 21 heavy (non-hydrogen) atoms. The van der Waals surface area contributed by atoms with Gasteiger partial charge in [0.1, 0.15) is 5.75 Å². The summed E-state index contributed by atoms with van der Waals surface area (Å²) in [7, 11) is 0. The smallest absolute Gasteiger partial charge is 0.239 e. The Morgan fingerprint density at radius 3 is 2.43 bits per heavy atom. The summed E-state index contributed by atoms with van der Waals surface area (Å²) in [6.07, 6.45) is 0.721. The van der Waals surface area contributed by atoms with Crippen molar-refractivity contribution in [1.82, 2.24) is 4.90 Å². The molecule has 5 nitrogen and oxygen atoms in total. The van der Waals surface area contributed by atoms with Gasteiger partial charge in [0.05, 0.1) is 11.7 Å². The van der Waals surface area contributed by atoms with E-state index in [1.807, 2.05) is 23.1 Å². The van der Waals surface area contributed by atoms with Gasteiger partial charge in [-0.3, -0.25) is 4.79 Å². The van der Waals surface area contributed by atoms with Gasteiger partial charge in [-0.1, -0.05) is 26.0 Å². The van der Waals surface area contributed by atoms with Crippen LogP contribution in [0.5, 0.6) is 5.75 Å². The van der Waals surface area contributed by atoms with Crippen molar-refractivity contribution in [1.29, 1.82) is 0 Å². The van der Waals surface area contributed by atoms with Crippen LogP contribution in [0.1, 0.15) is 20.3 Å². The van der Waals surface area contributed by atoms with Crippen LogP contribution >= 0.6 is 0 Å². The third-order valence-corrected chi connectivity index (χ3v) is 3.86. The monoisotopic (exact) mass is 291 g/mol. The van der Waals surface area contributed by atoms with Gasteiger partial charge in [0.15, 0.2) is 0 Å². The van der Waals surface area contributed by atoms with E-state index >= 15 is 0 Å². The summed E-state index contributed by atoms with van der Waals surface area (Å²) in [6.45, 7) is 6.89. The third-order valence-electron chi connectivity index (χ3n) is 3.86. The van der Waals surface area contributed by atoms with E-state index in [1.165, 1.54) is 0 Å². The Morgan fingerprint density at radius 2 is 1.86 bits per heavy atom. The number of hydrogen-bond acceptors (Lipinski definition) is 4. The highest BCUT2D eigenvalue weighted by atomic mass is 16.3. The predicted molar refractivity (Wildman–Crippen MR) is 84.3 cm³/mol. The molecule has 0 aliphatic carbocycles. The number of phenolic OH excluding ortho intramolecular Hbond substituents is 1. The number of rotatable bonds is 4. The molecule has 1 fully saturated rings. The van der Waals surface area contributed by atoms with Crippen LogP contribution in [0.2, 0.25) is 0 Å². The van der Waals surface area contributed by atoms with Gasteiger partial charge in [0.25, 0.3) is 0 Å². The van der Waals surface area contributed by atoms with Crippen LogP contribution in [-0.4, -0.2) is 48.1 Å². The molecule has 1 atom stereocenters. The molecule has 1 aromatic carbocycles. The van der Waals surface area contributed by atoms with E-state index in [4.69, 9.17) is 5.73 Å². The first-order valence-electron chi connectivity index (χ1n) is 7.56. The van der Waals surface area contributed by atoms with Gasteiger partial charge < -0.3 is 20.6 Å². The molecule has 3 N–H and O–H groups in total. The first-order valence-corrected chi connectivity index (χ1v) is 7.56. The number of phenols is 1. The zero-order valence-electron chi connectivity index (χ0n) is 12.8. The largest absolute Gasteiger partial charge is 0.506 e. The average molecular weight is 291 g/mol. The maximum Gasteiger partial charge on any atom is 0.239 e. The number of anilines is 1. The molecule has 1 aliphatic heterocycles. The van der Waals surface area contributed by atoms with Crippen LogP contribution in [0.4, 0.5) is 5.69 Å². The summed E-state index contributed by atoms with van der Waals surface area (Å²) < 4.78 is 0. The van der Waals surface area contributed by atoms with Gasteiger partial charge in [0, 0.05) is 26.2 Å². The molecule has 0 bridgehead atoms. The molecular formula is C16H25N3O2.